The van der Waals surface area contributed by atoms with E-state index in [0.717, 1.165) is 60.2 Å². The van der Waals surface area contributed by atoms with Crippen molar-refractivity contribution in [3.05, 3.63) is 64.0 Å². The summed E-state index contributed by atoms with van der Waals surface area (Å²) < 4.78 is 6.08. The van der Waals surface area contributed by atoms with Crippen LogP contribution in [0.15, 0.2) is 42.6 Å². The first-order chi connectivity index (χ1) is 16.0. The Bertz CT molecular complexity index is 1100. The largest absolute Gasteiger partial charge is 0.374 e. The zero-order chi connectivity index (χ0) is 23.4. The van der Waals surface area contributed by atoms with E-state index in [1.807, 2.05) is 43.5 Å². The number of hydrogen-bond acceptors (Lipinski definition) is 6. The first kappa shape index (κ1) is 23.7. The van der Waals surface area contributed by atoms with E-state index in [2.05, 4.69) is 29.0 Å². The fourth-order valence-electron chi connectivity index (χ4n) is 4.21. The molecule has 1 aliphatic rings. The third kappa shape index (κ3) is 5.24. The molecule has 1 fully saturated rings. The topological polar surface area (TPSA) is 63.2 Å². The fourth-order valence-corrected chi connectivity index (χ4v) is 4.71. The summed E-state index contributed by atoms with van der Waals surface area (Å²) >= 11 is 12.6. The van der Waals surface area contributed by atoms with Crippen molar-refractivity contribution >= 4 is 34.8 Å². The van der Waals surface area contributed by atoms with Gasteiger partial charge in [0.1, 0.15) is 11.6 Å². The summed E-state index contributed by atoms with van der Waals surface area (Å²) in [4.78, 5) is 16.8. The molecule has 2 atom stereocenters. The average molecular weight is 486 g/mol. The third-order valence-corrected chi connectivity index (χ3v) is 6.39. The first-order valence-electron chi connectivity index (χ1n) is 11.4. The van der Waals surface area contributed by atoms with Gasteiger partial charge in [0.25, 0.3) is 0 Å². The summed E-state index contributed by atoms with van der Waals surface area (Å²) in [7, 11) is 0. The fraction of sp³-hybridized carbons (Fsp3) is 0.400. The van der Waals surface area contributed by atoms with Gasteiger partial charge in [0.2, 0.25) is 0 Å². The Morgan fingerprint density at radius 1 is 1.03 bits per heavy atom. The minimum absolute atomic E-state index is 0.0268. The average Bonchev–Trinajstić information content (AvgIpc) is 3.22. The van der Waals surface area contributed by atoms with Crippen molar-refractivity contribution in [3.63, 3.8) is 0 Å². The highest BCUT2D eigenvalue weighted by Gasteiger charge is 2.35. The number of nitrogens with zero attached hydrogens (tertiary/aromatic N) is 4. The van der Waals surface area contributed by atoms with Gasteiger partial charge in [-0.25, -0.2) is 15.0 Å². The lowest BCUT2D eigenvalue weighted by Crippen LogP contribution is -2.35. The van der Waals surface area contributed by atoms with Crippen LogP contribution in [0.3, 0.4) is 0 Å². The third-order valence-electron chi connectivity index (χ3n) is 5.84. The van der Waals surface area contributed by atoms with Gasteiger partial charge in [-0.15, -0.1) is 0 Å². The molecule has 0 unspecified atom stereocenters. The number of hydrogen-bond donors (Lipinski definition) is 1. The molecule has 6 nitrogen and oxygen atoms in total. The van der Waals surface area contributed by atoms with Crippen LogP contribution in [-0.2, 0) is 17.6 Å². The van der Waals surface area contributed by atoms with Crippen LogP contribution >= 0.6 is 23.2 Å². The Labute approximate surface area is 205 Å². The van der Waals surface area contributed by atoms with Crippen molar-refractivity contribution in [1.29, 1.82) is 0 Å². The van der Waals surface area contributed by atoms with Crippen LogP contribution in [-0.4, -0.2) is 46.8 Å². The monoisotopic (exact) mass is 485 g/mol. The molecule has 0 aliphatic carbocycles. The molecule has 8 heteroatoms. The Morgan fingerprint density at radius 3 is 2.52 bits per heavy atom. The second kappa shape index (κ2) is 10.7. The Morgan fingerprint density at radius 2 is 1.85 bits per heavy atom. The molecule has 2 aromatic heterocycles. The summed E-state index contributed by atoms with van der Waals surface area (Å²) in [5.74, 6) is 1.76. The molecule has 4 rings (SSSR count). The Kier molecular flexibility index (Phi) is 7.68. The lowest BCUT2D eigenvalue weighted by molar-refractivity contribution is 0.0719. The van der Waals surface area contributed by atoms with Crippen LogP contribution in [0.2, 0.25) is 10.0 Å². The maximum atomic E-state index is 6.50. The number of rotatable bonds is 8. The van der Waals surface area contributed by atoms with Crippen LogP contribution in [0, 0.1) is 0 Å². The van der Waals surface area contributed by atoms with E-state index in [-0.39, 0.29) is 12.1 Å². The van der Waals surface area contributed by atoms with Crippen LogP contribution < -0.4 is 10.2 Å². The molecule has 0 spiro atoms. The van der Waals surface area contributed by atoms with Crippen molar-refractivity contribution in [2.45, 2.75) is 45.8 Å². The lowest BCUT2D eigenvalue weighted by Gasteiger charge is -2.22. The second-order valence-corrected chi connectivity index (χ2v) is 8.83. The summed E-state index contributed by atoms with van der Waals surface area (Å²) in [6, 6.07) is 11.5. The number of ether oxygens (including phenoxy) is 1. The highest BCUT2D eigenvalue weighted by Crippen LogP contribution is 2.33. The Balaban J connectivity index is 1.65. The molecule has 1 aromatic carbocycles. The number of halogens is 2. The van der Waals surface area contributed by atoms with E-state index in [1.54, 1.807) is 6.07 Å². The van der Waals surface area contributed by atoms with Crippen molar-refractivity contribution in [1.82, 2.24) is 15.0 Å². The summed E-state index contributed by atoms with van der Waals surface area (Å²) in [6.07, 6.45) is 3.33. The number of benzene rings is 1. The highest BCUT2D eigenvalue weighted by atomic mass is 35.5. The number of nitrogens with one attached hydrogen (secondary N) is 1. The van der Waals surface area contributed by atoms with Gasteiger partial charge in [-0.1, -0.05) is 43.1 Å². The van der Waals surface area contributed by atoms with Gasteiger partial charge in [-0.3, -0.25) is 0 Å². The maximum absolute atomic E-state index is 6.50. The van der Waals surface area contributed by atoms with E-state index in [4.69, 9.17) is 37.9 Å². The molecule has 174 valence electrons. The smallest absolute Gasteiger partial charge is 0.148 e. The summed E-state index contributed by atoms with van der Waals surface area (Å²) in [5.41, 5.74) is 3.46. The van der Waals surface area contributed by atoms with Crippen LogP contribution in [0.25, 0.3) is 11.3 Å². The van der Waals surface area contributed by atoms with E-state index >= 15 is 0 Å². The van der Waals surface area contributed by atoms with Gasteiger partial charge in [-0.2, -0.15) is 0 Å². The van der Waals surface area contributed by atoms with Gasteiger partial charge >= 0.3 is 0 Å². The van der Waals surface area contributed by atoms with E-state index in [9.17, 15) is 0 Å². The molecule has 0 amide bonds. The SMILES string of the molecule is CCO[C@@H]1CN(c2ccccn2)C[C@H]1Nc1nc(CC)c(-c2ccc(Cl)cc2Cl)nc1CC. The van der Waals surface area contributed by atoms with Gasteiger partial charge in [0, 0.05) is 36.5 Å². The predicted octanol–water partition coefficient (Wildman–Crippen LogP) is 5.68. The maximum Gasteiger partial charge on any atom is 0.148 e. The van der Waals surface area contributed by atoms with Crippen LogP contribution in [0.1, 0.15) is 32.2 Å². The number of aryl methyl sites for hydroxylation is 2. The second-order valence-electron chi connectivity index (χ2n) is 7.98. The molecule has 1 N–H and O–H groups in total. The zero-order valence-electron chi connectivity index (χ0n) is 19.2. The lowest BCUT2D eigenvalue weighted by atomic mass is 10.1. The molecule has 3 aromatic rings. The molecule has 0 saturated carbocycles. The molecule has 33 heavy (non-hydrogen) atoms. The minimum Gasteiger partial charge on any atom is -0.374 e. The van der Waals surface area contributed by atoms with Gasteiger partial charge in [0.05, 0.1) is 34.3 Å². The van der Waals surface area contributed by atoms with Gasteiger partial charge < -0.3 is 15.0 Å². The number of pyridine rings is 1. The van der Waals surface area contributed by atoms with Crippen LogP contribution in [0.5, 0.6) is 0 Å². The normalized spacial score (nSPS) is 18.0. The molecular weight excluding hydrogens is 457 g/mol. The first-order valence-corrected chi connectivity index (χ1v) is 12.2. The summed E-state index contributed by atoms with van der Waals surface area (Å²) in [6.45, 7) is 8.39. The Hall–Kier alpha value is -2.41. The van der Waals surface area contributed by atoms with E-state index in [1.165, 1.54) is 0 Å². The van der Waals surface area contributed by atoms with Crippen molar-refractivity contribution in [2.24, 2.45) is 0 Å². The quantitative estimate of drug-likeness (QED) is 0.442. The van der Waals surface area contributed by atoms with Crippen molar-refractivity contribution in [2.75, 3.05) is 29.9 Å². The minimum atomic E-state index is 0.0268. The van der Waals surface area contributed by atoms with E-state index < -0.39 is 0 Å². The molecular formula is C25H29Cl2N5O. The van der Waals surface area contributed by atoms with Crippen LogP contribution in [0.4, 0.5) is 11.6 Å². The zero-order valence-corrected chi connectivity index (χ0v) is 20.7. The molecule has 3 heterocycles. The van der Waals surface area contributed by atoms with Crippen molar-refractivity contribution in [3.8, 4) is 11.3 Å². The van der Waals surface area contributed by atoms with Gasteiger partial charge in [-0.05, 0) is 50.1 Å². The molecule has 1 aliphatic heterocycles. The standard InChI is InChI=1S/C25H29Cl2N5O/c1-4-19-24(17-11-10-16(26)13-18(17)27)29-20(5-2)25(30-19)31-21-14-32(15-22(21)33-6-3)23-9-7-8-12-28-23/h7-13,21-22H,4-6,14-15H2,1-3H3,(H,30,31)/t21-,22-/m1/s1. The number of aromatic nitrogens is 3. The summed E-state index contributed by atoms with van der Waals surface area (Å²) in [5, 5.41) is 4.83. The molecule has 0 bridgehead atoms. The van der Waals surface area contributed by atoms with Crippen molar-refractivity contribution < 1.29 is 4.74 Å². The molecule has 0 radical (unpaired) electrons. The van der Waals surface area contributed by atoms with E-state index in [0.29, 0.717) is 16.7 Å². The highest BCUT2D eigenvalue weighted by molar-refractivity contribution is 6.36. The van der Waals surface area contributed by atoms with Gasteiger partial charge in [0.15, 0.2) is 0 Å². The number of anilines is 2. The predicted molar refractivity (Wildman–Crippen MR) is 136 cm³/mol. The molecule has 1 saturated heterocycles.